The highest BCUT2D eigenvalue weighted by atomic mass is 16.6. The van der Waals surface area contributed by atoms with Crippen LogP contribution in [0.15, 0.2) is 0 Å². The molecule has 3 fully saturated rings. The summed E-state index contributed by atoms with van der Waals surface area (Å²) in [4.78, 5) is 27.4. The van der Waals surface area contributed by atoms with Crippen molar-refractivity contribution < 1.29 is 24.5 Å². The molecule has 0 aromatic carbocycles. The Labute approximate surface area is 193 Å². The van der Waals surface area contributed by atoms with Crippen molar-refractivity contribution in [3.63, 3.8) is 0 Å². The lowest BCUT2D eigenvalue weighted by atomic mass is 9.46. The first-order valence-corrected chi connectivity index (χ1v) is 12.7. The van der Waals surface area contributed by atoms with E-state index in [0.717, 1.165) is 45.2 Å². The second-order valence-electron chi connectivity index (χ2n) is 11.1. The van der Waals surface area contributed by atoms with Gasteiger partial charge in [0, 0.05) is 31.5 Å². The van der Waals surface area contributed by atoms with Crippen molar-refractivity contribution in [2.45, 2.75) is 91.3 Å². The van der Waals surface area contributed by atoms with Crippen LogP contribution in [0, 0.1) is 28.6 Å². The predicted molar refractivity (Wildman–Crippen MR) is 123 cm³/mol. The van der Waals surface area contributed by atoms with E-state index in [1.54, 1.807) is 0 Å². The van der Waals surface area contributed by atoms with E-state index in [0.29, 0.717) is 31.7 Å². The van der Waals surface area contributed by atoms with Crippen LogP contribution in [0.5, 0.6) is 0 Å². The zero-order chi connectivity index (χ0) is 23.5. The minimum atomic E-state index is -0.599. The number of hydrogen-bond donors (Lipinski definition) is 3. The van der Waals surface area contributed by atoms with Gasteiger partial charge in [0.25, 0.3) is 0 Å². The minimum absolute atomic E-state index is 0.0697. The Balaban J connectivity index is 1.76. The molecule has 0 spiro atoms. The van der Waals surface area contributed by atoms with E-state index in [4.69, 9.17) is 4.74 Å². The van der Waals surface area contributed by atoms with Crippen molar-refractivity contribution in [3.05, 3.63) is 0 Å². The maximum Gasteiger partial charge on any atom is 0.407 e. The van der Waals surface area contributed by atoms with Gasteiger partial charge in [0.15, 0.2) is 0 Å². The average molecular weight is 453 g/mol. The number of aliphatic hydroxyl groups excluding tert-OH is 2. The summed E-state index contributed by atoms with van der Waals surface area (Å²) < 4.78 is 5.79. The van der Waals surface area contributed by atoms with Crippen molar-refractivity contribution in [3.8, 4) is 0 Å². The number of aliphatic hydroxyl groups is 2. The monoisotopic (exact) mass is 452 g/mol. The largest absolute Gasteiger partial charge is 0.446 e. The Morgan fingerprint density at radius 1 is 1.12 bits per heavy atom. The van der Waals surface area contributed by atoms with Crippen LogP contribution in [-0.4, -0.2) is 65.6 Å². The Kier molecular flexibility index (Phi) is 8.13. The van der Waals surface area contributed by atoms with Crippen LogP contribution in [0.25, 0.3) is 0 Å². The zero-order valence-electron chi connectivity index (χ0n) is 20.4. The molecule has 0 radical (unpaired) electrons. The molecule has 3 N–H and O–H groups in total. The van der Waals surface area contributed by atoms with E-state index < -0.39 is 17.6 Å². The number of fused-ring (bicyclic) bond motifs is 1. The summed E-state index contributed by atoms with van der Waals surface area (Å²) >= 11 is 0. The van der Waals surface area contributed by atoms with E-state index in [9.17, 15) is 19.8 Å². The van der Waals surface area contributed by atoms with E-state index in [1.165, 1.54) is 0 Å². The number of nitrogens with one attached hydrogen (secondary N) is 1. The molecule has 1 unspecified atom stereocenters. The molecule has 2 aliphatic carbocycles. The molecule has 6 atom stereocenters. The van der Waals surface area contributed by atoms with Gasteiger partial charge in [-0.3, -0.25) is 4.79 Å². The van der Waals surface area contributed by atoms with Gasteiger partial charge in [-0.05, 0) is 68.1 Å². The zero-order valence-corrected chi connectivity index (χ0v) is 20.4. The number of ether oxygens (including phenoxy) is 1. The van der Waals surface area contributed by atoms with Gasteiger partial charge in [-0.25, -0.2) is 4.79 Å². The molecule has 7 nitrogen and oxygen atoms in total. The van der Waals surface area contributed by atoms with Gasteiger partial charge in [-0.1, -0.05) is 27.7 Å². The number of piperidine rings is 1. The Bertz CT molecular complexity index is 665. The first-order valence-electron chi connectivity index (χ1n) is 12.7. The summed E-state index contributed by atoms with van der Waals surface area (Å²) in [7, 11) is 0. The lowest BCUT2D eigenvalue weighted by Crippen LogP contribution is -2.61. The maximum atomic E-state index is 13.2. The second kappa shape index (κ2) is 10.3. The lowest BCUT2D eigenvalue weighted by molar-refractivity contribution is -0.187. The Morgan fingerprint density at radius 3 is 2.44 bits per heavy atom. The molecule has 1 saturated heterocycles. The molecule has 1 heterocycles. The predicted octanol–water partition coefficient (Wildman–Crippen LogP) is 3.33. The molecule has 7 heteroatoms. The third kappa shape index (κ3) is 4.93. The van der Waals surface area contributed by atoms with E-state index >= 15 is 0 Å². The fraction of sp³-hybridized carbons (Fsp3) is 0.920. The smallest absolute Gasteiger partial charge is 0.407 e. The van der Waals surface area contributed by atoms with Gasteiger partial charge < -0.3 is 25.2 Å². The summed E-state index contributed by atoms with van der Waals surface area (Å²) in [5.41, 5.74) is -0.883. The third-order valence-electron chi connectivity index (χ3n) is 8.98. The first-order chi connectivity index (χ1) is 15.2. The van der Waals surface area contributed by atoms with Crippen molar-refractivity contribution >= 4 is 12.0 Å². The fourth-order valence-corrected chi connectivity index (χ4v) is 6.75. The summed E-state index contributed by atoms with van der Waals surface area (Å²) in [6.07, 6.45) is 4.72. The lowest BCUT2D eigenvalue weighted by Gasteiger charge is -2.60. The normalized spacial score (nSPS) is 38.1. The quantitative estimate of drug-likeness (QED) is 0.574. The molecule has 1 aliphatic heterocycles. The van der Waals surface area contributed by atoms with Gasteiger partial charge >= 0.3 is 6.09 Å². The molecule has 0 aromatic rings. The molecule has 2 amide bonds. The van der Waals surface area contributed by atoms with Gasteiger partial charge in [0.1, 0.15) is 6.10 Å². The van der Waals surface area contributed by atoms with Crippen molar-refractivity contribution in [1.82, 2.24) is 10.2 Å². The van der Waals surface area contributed by atoms with E-state index in [2.05, 4.69) is 19.2 Å². The van der Waals surface area contributed by atoms with E-state index in [-0.39, 0.29) is 35.9 Å². The van der Waals surface area contributed by atoms with Crippen LogP contribution in [0.3, 0.4) is 0 Å². The fourth-order valence-electron chi connectivity index (χ4n) is 6.75. The third-order valence-corrected chi connectivity index (χ3v) is 8.98. The van der Waals surface area contributed by atoms with Gasteiger partial charge in [-0.2, -0.15) is 0 Å². The molecular weight excluding hydrogens is 408 g/mol. The Morgan fingerprint density at radius 2 is 1.81 bits per heavy atom. The molecule has 32 heavy (non-hydrogen) atoms. The van der Waals surface area contributed by atoms with Crippen molar-refractivity contribution in [2.24, 2.45) is 28.6 Å². The molecule has 0 bridgehead atoms. The minimum Gasteiger partial charge on any atom is -0.446 e. The number of alkyl carbamates (subject to hydrolysis) is 1. The van der Waals surface area contributed by atoms with Gasteiger partial charge in [0.05, 0.1) is 12.7 Å². The number of likely N-dealkylation sites (tertiary alicyclic amines) is 1. The number of carbonyl (C=O) groups is 2. The summed E-state index contributed by atoms with van der Waals surface area (Å²) in [6, 6.07) is 0. The number of nitrogens with zero attached hydrogens (tertiary/aromatic N) is 1. The highest BCUT2D eigenvalue weighted by molar-refractivity contribution is 5.76. The molecular formula is C25H44N2O5. The average Bonchev–Trinajstić information content (AvgIpc) is 2.77. The van der Waals surface area contributed by atoms with Crippen molar-refractivity contribution in [1.29, 1.82) is 0 Å². The molecule has 2 saturated carbocycles. The van der Waals surface area contributed by atoms with Crippen LogP contribution in [0.2, 0.25) is 0 Å². The van der Waals surface area contributed by atoms with Crippen LogP contribution in [-0.2, 0) is 9.53 Å². The molecule has 3 rings (SSSR count). The van der Waals surface area contributed by atoms with Crippen LogP contribution < -0.4 is 5.32 Å². The standard InChI is InChI=1S/C25H44N2O5/c1-5-12-26-23(31)32-21-8-11-24(3)18(15-22(30)27-13-9-17(2)10-14-27)19(29)6-7-20(24)25(21,4)16-28/h17-21,28-29H,5-16H2,1-4H3,(H,26,31)/t18-,19-,20?,21-,24+,25+/m1/s1. The SMILES string of the molecule is CCCNC(=O)O[C@@H]1CC[C@]2(C)C(CC[C@@H](O)[C@H]2CC(=O)N2CCC(C)CC2)[C@]1(C)CO. The molecule has 3 aliphatic rings. The number of carbonyl (C=O) groups excluding carboxylic acids is 2. The number of hydrogen-bond acceptors (Lipinski definition) is 5. The number of amides is 2. The second-order valence-corrected chi connectivity index (χ2v) is 11.1. The van der Waals surface area contributed by atoms with Gasteiger partial charge in [0.2, 0.25) is 5.91 Å². The van der Waals surface area contributed by atoms with E-state index in [1.807, 2.05) is 18.7 Å². The van der Waals surface area contributed by atoms with Crippen molar-refractivity contribution in [2.75, 3.05) is 26.2 Å². The first kappa shape index (κ1) is 25.3. The summed E-state index contributed by atoms with van der Waals surface area (Å²) in [5, 5.41) is 24.2. The summed E-state index contributed by atoms with van der Waals surface area (Å²) in [6.45, 7) is 10.5. The van der Waals surface area contributed by atoms with Gasteiger partial charge in [-0.15, -0.1) is 0 Å². The molecule has 184 valence electrons. The van der Waals surface area contributed by atoms with Crippen LogP contribution >= 0.6 is 0 Å². The number of rotatable bonds is 6. The van der Waals surface area contributed by atoms with Crippen LogP contribution in [0.4, 0.5) is 4.79 Å². The highest BCUT2D eigenvalue weighted by Gasteiger charge is 2.60. The van der Waals surface area contributed by atoms with Crippen LogP contribution in [0.1, 0.15) is 79.1 Å². The topological polar surface area (TPSA) is 99.1 Å². The Hall–Kier alpha value is -1.34. The maximum absolute atomic E-state index is 13.2. The molecule has 0 aromatic heterocycles. The summed E-state index contributed by atoms with van der Waals surface area (Å²) in [5.74, 6) is 0.733. The highest BCUT2D eigenvalue weighted by Crippen LogP contribution is 2.61.